The number of aromatic nitrogens is 3. The highest BCUT2D eigenvalue weighted by Crippen LogP contribution is 2.26. The number of anilines is 1. The number of benzene rings is 2. The van der Waals surface area contributed by atoms with Crippen molar-refractivity contribution in [2.24, 2.45) is 0 Å². The molecule has 126 valence electrons. The molecule has 7 nitrogen and oxygen atoms in total. The van der Waals surface area contributed by atoms with Crippen LogP contribution in [0.4, 0.5) is 10.1 Å². The molecule has 2 N–H and O–H groups in total. The molecule has 1 aromatic heterocycles. The second-order valence-corrected chi connectivity index (χ2v) is 6.84. The van der Waals surface area contributed by atoms with Gasteiger partial charge in [-0.3, -0.25) is 9.82 Å². The summed E-state index contributed by atoms with van der Waals surface area (Å²) in [6, 6.07) is 10.2. The predicted octanol–water partition coefficient (Wildman–Crippen LogP) is 2.59. The maximum absolute atomic E-state index is 14.1. The van der Waals surface area contributed by atoms with E-state index >= 15 is 0 Å². The largest absolute Gasteiger partial charge is 0.277 e. The first kappa shape index (κ1) is 16.6. The van der Waals surface area contributed by atoms with E-state index in [1.165, 1.54) is 30.6 Å². The molecule has 0 unspecified atom stereocenters. The van der Waals surface area contributed by atoms with Crippen molar-refractivity contribution in [3.63, 3.8) is 0 Å². The third-order valence-electron chi connectivity index (χ3n) is 3.54. The van der Waals surface area contributed by atoms with Crippen molar-refractivity contribution in [2.45, 2.75) is 11.8 Å². The smallest absolute Gasteiger partial charge is 0.263 e. The van der Waals surface area contributed by atoms with Crippen LogP contribution in [0.25, 0.3) is 11.4 Å². The molecule has 2 aromatic carbocycles. The van der Waals surface area contributed by atoms with E-state index in [9.17, 15) is 18.1 Å². The van der Waals surface area contributed by atoms with E-state index in [0.717, 1.165) is 6.07 Å². The van der Waals surface area contributed by atoms with Crippen LogP contribution in [-0.2, 0) is 10.0 Å². The van der Waals surface area contributed by atoms with Crippen molar-refractivity contribution in [2.75, 3.05) is 4.72 Å². The summed E-state index contributed by atoms with van der Waals surface area (Å²) in [5, 5.41) is 15.5. The van der Waals surface area contributed by atoms with Crippen LogP contribution in [0.5, 0.6) is 0 Å². The Kier molecular flexibility index (Phi) is 4.21. The number of nitrogens with zero attached hydrogens (tertiary/aromatic N) is 3. The molecule has 0 aliphatic heterocycles. The number of rotatable bonds is 4. The maximum Gasteiger partial charge on any atom is 0.263 e. The molecule has 0 fully saturated rings. The van der Waals surface area contributed by atoms with Gasteiger partial charge in [-0.05, 0) is 36.8 Å². The summed E-state index contributed by atoms with van der Waals surface area (Å²) in [6.45, 7) is 1.63. The van der Waals surface area contributed by atoms with Crippen LogP contribution in [-0.4, -0.2) is 23.6 Å². The van der Waals surface area contributed by atoms with Crippen molar-refractivity contribution in [1.29, 1.82) is 5.26 Å². The minimum absolute atomic E-state index is 0.0156. The molecule has 0 radical (unpaired) electrons. The Balaban J connectivity index is 2.04. The molecular weight excluding hydrogens is 345 g/mol. The second-order valence-electron chi connectivity index (χ2n) is 5.19. The van der Waals surface area contributed by atoms with Crippen LogP contribution in [0.1, 0.15) is 11.1 Å². The summed E-state index contributed by atoms with van der Waals surface area (Å²) < 4.78 is 41.5. The van der Waals surface area contributed by atoms with Gasteiger partial charge in [0.25, 0.3) is 10.0 Å². The molecule has 0 aliphatic carbocycles. The first-order valence-electron chi connectivity index (χ1n) is 7.10. The fourth-order valence-corrected chi connectivity index (χ4v) is 3.59. The van der Waals surface area contributed by atoms with E-state index < -0.39 is 15.8 Å². The molecule has 0 spiro atoms. The number of nitrogens with one attached hydrogen (secondary N) is 2. The average molecular weight is 357 g/mol. The van der Waals surface area contributed by atoms with Crippen LogP contribution in [0, 0.1) is 24.1 Å². The summed E-state index contributed by atoms with van der Waals surface area (Å²) in [5.74, 6) is -0.383. The van der Waals surface area contributed by atoms with Gasteiger partial charge < -0.3 is 0 Å². The van der Waals surface area contributed by atoms with Gasteiger partial charge in [0.15, 0.2) is 5.82 Å². The predicted molar refractivity (Wildman–Crippen MR) is 88.5 cm³/mol. The van der Waals surface area contributed by atoms with Gasteiger partial charge in [-0.1, -0.05) is 12.1 Å². The Labute approximate surface area is 143 Å². The molecule has 0 bridgehead atoms. The molecule has 3 aromatic rings. The molecule has 25 heavy (non-hydrogen) atoms. The number of H-pyrrole nitrogens is 1. The standard InChI is InChI=1S/C16H12FN5O2S/c1-10-3-2-4-15(12(10)8-18)25(23,24)22-14-7-11(5-6-13(14)17)16-19-9-20-21-16/h2-7,9,22H,1H3,(H,19,20,21). The van der Waals surface area contributed by atoms with Gasteiger partial charge >= 0.3 is 0 Å². The van der Waals surface area contributed by atoms with Crippen LogP contribution in [0.3, 0.4) is 0 Å². The van der Waals surface area contributed by atoms with Crippen molar-refractivity contribution in [3.05, 3.63) is 59.7 Å². The fourth-order valence-electron chi connectivity index (χ4n) is 2.30. The Morgan fingerprint density at radius 1 is 1.28 bits per heavy atom. The quantitative estimate of drug-likeness (QED) is 0.745. The number of nitriles is 1. The van der Waals surface area contributed by atoms with E-state index in [1.54, 1.807) is 13.0 Å². The zero-order valence-corrected chi connectivity index (χ0v) is 13.8. The van der Waals surface area contributed by atoms with Crippen molar-refractivity contribution >= 4 is 15.7 Å². The molecule has 0 atom stereocenters. The summed E-state index contributed by atoms with van der Waals surface area (Å²) in [7, 11) is -4.15. The first-order valence-corrected chi connectivity index (χ1v) is 8.58. The number of hydrogen-bond acceptors (Lipinski definition) is 5. The normalized spacial score (nSPS) is 11.1. The average Bonchev–Trinajstić information content (AvgIpc) is 3.11. The zero-order chi connectivity index (χ0) is 18.0. The minimum atomic E-state index is -4.15. The highest BCUT2D eigenvalue weighted by Gasteiger charge is 2.21. The Bertz CT molecular complexity index is 1070. The topological polar surface area (TPSA) is 112 Å². The fraction of sp³-hybridized carbons (Fsp3) is 0.0625. The van der Waals surface area contributed by atoms with Gasteiger partial charge in [-0.25, -0.2) is 17.8 Å². The van der Waals surface area contributed by atoms with Crippen LogP contribution in [0.15, 0.2) is 47.6 Å². The van der Waals surface area contributed by atoms with Gasteiger partial charge in [0.2, 0.25) is 0 Å². The number of hydrogen-bond donors (Lipinski definition) is 2. The molecule has 3 rings (SSSR count). The van der Waals surface area contributed by atoms with Gasteiger partial charge in [0, 0.05) is 5.56 Å². The van der Waals surface area contributed by atoms with Crippen LogP contribution >= 0.6 is 0 Å². The van der Waals surface area contributed by atoms with E-state index in [-0.39, 0.29) is 16.1 Å². The van der Waals surface area contributed by atoms with E-state index in [4.69, 9.17) is 0 Å². The molecule has 0 saturated heterocycles. The van der Waals surface area contributed by atoms with Crippen molar-refractivity contribution in [3.8, 4) is 17.5 Å². The number of halogens is 1. The number of aromatic amines is 1. The summed E-state index contributed by atoms with van der Waals surface area (Å²) in [6.07, 6.45) is 1.29. The van der Waals surface area contributed by atoms with Crippen molar-refractivity contribution < 1.29 is 12.8 Å². The highest BCUT2D eigenvalue weighted by molar-refractivity contribution is 7.92. The number of sulfonamides is 1. The second kappa shape index (κ2) is 6.33. The summed E-state index contributed by atoms with van der Waals surface area (Å²) >= 11 is 0. The monoisotopic (exact) mass is 357 g/mol. The Hall–Kier alpha value is -3.25. The minimum Gasteiger partial charge on any atom is -0.277 e. The third kappa shape index (κ3) is 3.20. The Morgan fingerprint density at radius 2 is 2.08 bits per heavy atom. The highest BCUT2D eigenvalue weighted by atomic mass is 32.2. The SMILES string of the molecule is Cc1cccc(S(=O)(=O)Nc2cc(-c3ncn[nH]3)ccc2F)c1C#N. The van der Waals surface area contributed by atoms with Crippen LogP contribution < -0.4 is 4.72 Å². The van der Waals surface area contributed by atoms with E-state index in [0.29, 0.717) is 17.0 Å². The van der Waals surface area contributed by atoms with Gasteiger partial charge in [-0.15, -0.1) is 0 Å². The lowest BCUT2D eigenvalue weighted by Crippen LogP contribution is -2.16. The van der Waals surface area contributed by atoms with E-state index in [1.807, 2.05) is 6.07 Å². The Morgan fingerprint density at radius 3 is 2.76 bits per heavy atom. The van der Waals surface area contributed by atoms with Gasteiger partial charge in [0.1, 0.15) is 23.1 Å². The lowest BCUT2D eigenvalue weighted by molar-refractivity contribution is 0.598. The third-order valence-corrected chi connectivity index (χ3v) is 4.94. The summed E-state index contributed by atoms with van der Waals surface area (Å²) in [4.78, 5) is 3.73. The molecule has 0 saturated carbocycles. The summed E-state index contributed by atoms with van der Waals surface area (Å²) in [5.41, 5.74) is 0.740. The van der Waals surface area contributed by atoms with Crippen LogP contribution in [0.2, 0.25) is 0 Å². The molecule has 0 amide bonds. The van der Waals surface area contributed by atoms with Gasteiger partial charge in [0.05, 0.1) is 11.3 Å². The zero-order valence-electron chi connectivity index (χ0n) is 13.0. The molecule has 1 heterocycles. The first-order chi connectivity index (χ1) is 11.9. The lowest BCUT2D eigenvalue weighted by Gasteiger charge is -2.12. The molecule has 9 heteroatoms. The number of aryl methyl sites for hydroxylation is 1. The van der Waals surface area contributed by atoms with E-state index in [2.05, 4.69) is 19.9 Å². The lowest BCUT2D eigenvalue weighted by atomic mass is 10.1. The molecule has 0 aliphatic rings. The van der Waals surface area contributed by atoms with Gasteiger partial charge in [-0.2, -0.15) is 10.4 Å². The maximum atomic E-state index is 14.1. The molecular formula is C16H12FN5O2S. The van der Waals surface area contributed by atoms with Crippen molar-refractivity contribution in [1.82, 2.24) is 15.2 Å².